The number of rotatable bonds is 0. The van der Waals surface area contributed by atoms with Crippen LogP contribution in [0.15, 0.2) is 12.5 Å². The Labute approximate surface area is 88.7 Å². The molecule has 76 valence electrons. The SMILES string of the molecule is CC.Cc1ncnn2cc(Cl)c(C)c12. The maximum atomic E-state index is 5.94. The smallest absolute Gasteiger partial charge is 0.136 e. The van der Waals surface area contributed by atoms with Gasteiger partial charge in [0.2, 0.25) is 0 Å². The van der Waals surface area contributed by atoms with Gasteiger partial charge in [-0.05, 0) is 19.4 Å². The van der Waals surface area contributed by atoms with Crippen LogP contribution in [0.25, 0.3) is 5.52 Å². The maximum absolute atomic E-state index is 5.94. The van der Waals surface area contributed by atoms with Crippen molar-refractivity contribution in [2.24, 2.45) is 0 Å². The van der Waals surface area contributed by atoms with Crippen LogP contribution in [0, 0.1) is 13.8 Å². The van der Waals surface area contributed by atoms with E-state index in [4.69, 9.17) is 11.6 Å². The van der Waals surface area contributed by atoms with E-state index in [-0.39, 0.29) is 0 Å². The van der Waals surface area contributed by atoms with E-state index in [1.807, 2.05) is 27.7 Å². The first-order valence-corrected chi connectivity index (χ1v) is 5.03. The summed E-state index contributed by atoms with van der Waals surface area (Å²) in [7, 11) is 0. The van der Waals surface area contributed by atoms with Crippen LogP contribution in [-0.4, -0.2) is 14.6 Å². The van der Waals surface area contributed by atoms with Crippen molar-refractivity contribution in [2.75, 3.05) is 0 Å². The van der Waals surface area contributed by atoms with Gasteiger partial charge in [0, 0.05) is 6.20 Å². The van der Waals surface area contributed by atoms with Crippen molar-refractivity contribution in [3.63, 3.8) is 0 Å². The maximum Gasteiger partial charge on any atom is 0.136 e. The molecule has 0 spiro atoms. The third kappa shape index (κ3) is 1.73. The molecule has 0 N–H and O–H groups in total. The molecule has 0 unspecified atom stereocenters. The van der Waals surface area contributed by atoms with E-state index in [0.29, 0.717) is 0 Å². The molecule has 2 aromatic heterocycles. The Morgan fingerprint density at radius 3 is 2.50 bits per heavy atom. The molecule has 0 aromatic carbocycles. The van der Waals surface area contributed by atoms with Crippen LogP contribution < -0.4 is 0 Å². The van der Waals surface area contributed by atoms with E-state index >= 15 is 0 Å². The zero-order chi connectivity index (χ0) is 10.7. The number of aryl methyl sites for hydroxylation is 2. The molecule has 2 rings (SSSR count). The van der Waals surface area contributed by atoms with Gasteiger partial charge >= 0.3 is 0 Å². The summed E-state index contributed by atoms with van der Waals surface area (Å²) in [5.41, 5.74) is 2.99. The monoisotopic (exact) mass is 211 g/mol. The number of hydrogen-bond acceptors (Lipinski definition) is 2. The summed E-state index contributed by atoms with van der Waals surface area (Å²) in [5.74, 6) is 0. The molecular formula is C10H14ClN3. The molecule has 0 aliphatic heterocycles. The molecule has 3 nitrogen and oxygen atoms in total. The molecule has 0 amide bonds. The number of nitrogens with zero attached hydrogens (tertiary/aromatic N) is 3. The molecule has 0 saturated carbocycles. The summed E-state index contributed by atoms with van der Waals surface area (Å²) < 4.78 is 1.75. The minimum Gasteiger partial charge on any atom is -0.238 e. The number of halogens is 1. The highest BCUT2D eigenvalue weighted by atomic mass is 35.5. The largest absolute Gasteiger partial charge is 0.238 e. The lowest BCUT2D eigenvalue weighted by atomic mass is 10.3. The van der Waals surface area contributed by atoms with Crippen molar-refractivity contribution in [1.82, 2.24) is 14.6 Å². The highest BCUT2D eigenvalue weighted by molar-refractivity contribution is 6.31. The summed E-state index contributed by atoms with van der Waals surface area (Å²) in [6.07, 6.45) is 3.32. The van der Waals surface area contributed by atoms with Gasteiger partial charge in [0.05, 0.1) is 16.2 Å². The van der Waals surface area contributed by atoms with Crippen LogP contribution in [-0.2, 0) is 0 Å². The second-order valence-electron chi connectivity index (χ2n) is 2.74. The first-order chi connectivity index (χ1) is 6.70. The molecule has 2 heterocycles. The van der Waals surface area contributed by atoms with E-state index < -0.39 is 0 Å². The van der Waals surface area contributed by atoms with Crippen molar-refractivity contribution >= 4 is 17.1 Å². The second kappa shape index (κ2) is 4.42. The highest BCUT2D eigenvalue weighted by Gasteiger charge is 2.07. The second-order valence-corrected chi connectivity index (χ2v) is 3.15. The van der Waals surface area contributed by atoms with Gasteiger partial charge < -0.3 is 0 Å². The average molecular weight is 212 g/mol. The van der Waals surface area contributed by atoms with E-state index in [1.54, 1.807) is 10.7 Å². The molecular weight excluding hydrogens is 198 g/mol. The Balaban J connectivity index is 0.000000461. The van der Waals surface area contributed by atoms with Crippen LogP contribution in [0.3, 0.4) is 0 Å². The summed E-state index contributed by atoms with van der Waals surface area (Å²) in [6, 6.07) is 0. The minimum atomic E-state index is 0.735. The molecule has 0 fully saturated rings. The summed E-state index contributed by atoms with van der Waals surface area (Å²) >= 11 is 5.94. The van der Waals surface area contributed by atoms with Crippen molar-refractivity contribution in [2.45, 2.75) is 27.7 Å². The highest BCUT2D eigenvalue weighted by Crippen LogP contribution is 2.22. The van der Waals surface area contributed by atoms with Crippen LogP contribution >= 0.6 is 11.6 Å². The fourth-order valence-electron chi connectivity index (χ4n) is 1.31. The molecule has 0 radical (unpaired) electrons. The Morgan fingerprint density at radius 2 is 1.93 bits per heavy atom. The Hall–Kier alpha value is -1.09. The van der Waals surface area contributed by atoms with Crippen molar-refractivity contribution < 1.29 is 0 Å². The van der Waals surface area contributed by atoms with Gasteiger partial charge in [0.1, 0.15) is 6.33 Å². The van der Waals surface area contributed by atoms with Crippen LogP contribution in [0.1, 0.15) is 25.1 Å². The fraction of sp³-hybridized carbons (Fsp3) is 0.400. The van der Waals surface area contributed by atoms with Gasteiger partial charge in [-0.25, -0.2) is 9.50 Å². The summed E-state index contributed by atoms with van der Waals surface area (Å²) in [4.78, 5) is 4.09. The van der Waals surface area contributed by atoms with Gasteiger partial charge in [-0.1, -0.05) is 25.4 Å². The average Bonchev–Trinajstić information content (AvgIpc) is 2.47. The van der Waals surface area contributed by atoms with E-state index in [9.17, 15) is 0 Å². The zero-order valence-corrected chi connectivity index (χ0v) is 9.63. The molecule has 0 saturated heterocycles. The molecule has 0 bridgehead atoms. The lowest BCUT2D eigenvalue weighted by molar-refractivity contribution is 0.886. The lowest BCUT2D eigenvalue weighted by Gasteiger charge is -1.96. The molecule has 0 aliphatic carbocycles. The Kier molecular flexibility index (Phi) is 3.47. The first-order valence-electron chi connectivity index (χ1n) is 4.65. The van der Waals surface area contributed by atoms with Crippen molar-refractivity contribution in [3.8, 4) is 0 Å². The number of aromatic nitrogens is 3. The van der Waals surface area contributed by atoms with Crippen LogP contribution in [0.4, 0.5) is 0 Å². The van der Waals surface area contributed by atoms with Crippen molar-refractivity contribution in [3.05, 3.63) is 28.8 Å². The fourth-order valence-corrected chi connectivity index (χ4v) is 1.49. The summed E-state index contributed by atoms with van der Waals surface area (Å²) in [6.45, 7) is 7.91. The molecule has 14 heavy (non-hydrogen) atoms. The van der Waals surface area contributed by atoms with Gasteiger partial charge in [-0.3, -0.25) is 0 Å². The molecule has 0 atom stereocenters. The quantitative estimate of drug-likeness (QED) is 0.671. The number of hydrogen-bond donors (Lipinski definition) is 0. The van der Waals surface area contributed by atoms with E-state index in [1.165, 1.54) is 6.33 Å². The van der Waals surface area contributed by atoms with Crippen LogP contribution in [0.2, 0.25) is 5.02 Å². The summed E-state index contributed by atoms with van der Waals surface area (Å²) in [5, 5.41) is 4.78. The minimum absolute atomic E-state index is 0.735. The third-order valence-corrected chi connectivity index (χ3v) is 2.33. The normalized spacial score (nSPS) is 9.79. The number of fused-ring (bicyclic) bond motifs is 1. The Bertz CT molecular complexity index is 434. The van der Waals surface area contributed by atoms with Crippen molar-refractivity contribution in [1.29, 1.82) is 0 Å². The van der Waals surface area contributed by atoms with Crippen LogP contribution in [0.5, 0.6) is 0 Å². The zero-order valence-electron chi connectivity index (χ0n) is 8.87. The third-order valence-electron chi connectivity index (χ3n) is 1.95. The molecule has 2 aromatic rings. The topological polar surface area (TPSA) is 30.2 Å². The lowest BCUT2D eigenvalue weighted by Crippen LogP contribution is -1.94. The van der Waals surface area contributed by atoms with E-state index in [0.717, 1.165) is 21.8 Å². The van der Waals surface area contributed by atoms with E-state index in [2.05, 4.69) is 10.1 Å². The van der Waals surface area contributed by atoms with Gasteiger partial charge in [0.15, 0.2) is 0 Å². The predicted octanol–water partition coefficient (Wildman–Crippen LogP) is 3.03. The Morgan fingerprint density at radius 1 is 1.29 bits per heavy atom. The van der Waals surface area contributed by atoms with Gasteiger partial charge in [0.25, 0.3) is 0 Å². The van der Waals surface area contributed by atoms with Gasteiger partial charge in [-0.15, -0.1) is 0 Å². The predicted molar refractivity (Wildman–Crippen MR) is 58.8 cm³/mol. The standard InChI is InChI=1S/C8H8ClN3.C2H6/c1-5-7(9)3-12-8(5)6(2)10-4-11-12;1-2/h3-4H,1-2H3;1-2H3. The first kappa shape index (κ1) is 11.0. The molecule has 4 heteroatoms. The van der Waals surface area contributed by atoms with Gasteiger partial charge in [-0.2, -0.15) is 5.10 Å². The molecule has 0 aliphatic rings.